The van der Waals surface area contributed by atoms with Crippen molar-refractivity contribution in [2.75, 3.05) is 18.0 Å². The maximum Gasteiger partial charge on any atom is 0.250 e. The third kappa shape index (κ3) is 3.94. The van der Waals surface area contributed by atoms with E-state index >= 15 is 0 Å². The highest BCUT2D eigenvalue weighted by Crippen LogP contribution is 2.25. The van der Waals surface area contributed by atoms with Crippen LogP contribution >= 0.6 is 11.3 Å². The van der Waals surface area contributed by atoms with E-state index in [1.807, 2.05) is 31.2 Å². The number of rotatable bonds is 5. The fourth-order valence-corrected chi connectivity index (χ4v) is 5.24. The molecule has 2 heterocycles. The van der Waals surface area contributed by atoms with Crippen molar-refractivity contribution in [2.24, 2.45) is 0 Å². The summed E-state index contributed by atoms with van der Waals surface area (Å²) >= 11 is 1.30. The Balaban J connectivity index is 1.75. The summed E-state index contributed by atoms with van der Waals surface area (Å²) in [6.07, 6.45) is 3.69. The van der Waals surface area contributed by atoms with Crippen LogP contribution in [-0.4, -0.2) is 21.5 Å². The van der Waals surface area contributed by atoms with E-state index in [-0.39, 0.29) is 0 Å². The standard InChI is InChI=1S/C17H22N2O2S2/c1-14-9-10-17(22-14)23(20,21)18-13-15-7-3-4-8-16(15)19-11-5-2-6-12-19/h3-4,7-10,18H,2,5-6,11-13H2,1H3. The van der Waals surface area contributed by atoms with Gasteiger partial charge in [0.05, 0.1) is 0 Å². The van der Waals surface area contributed by atoms with E-state index in [0.717, 1.165) is 29.2 Å². The van der Waals surface area contributed by atoms with E-state index in [0.29, 0.717) is 10.8 Å². The molecule has 1 aliphatic rings. The van der Waals surface area contributed by atoms with Crippen LogP contribution in [0.3, 0.4) is 0 Å². The Kier molecular flexibility index (Phi) is 5.04. The smallest absolute Gasteiger partial charge is 0.250 e. The first-order valence-electron chi connectivity index (χ1n) is 7.95. The quantitative estimate of drug-likeness (QED) is 0.897. The van der Waals surface area contributed by atoms with Crippen molar-refractivity contribution in [2.45, 2.75) is 36.9 Å². The number of thiophene rings is 1. The maximum atomic E-state index is 12.4. The molecule has 0 bridgehead atoms. The minimum Gasteiger partial charge on any atom is -0.371 e. The Morgan fingerprint density at radius 2 is 1.83 bits per heavy atom. The van der Waals surface area contributed by atoms with Crippen LogP contribution in [0.25, 0.3) is 0 Å². The first kappa shape index (κ1) is 16.5. The van der Waals surface area contributed by atoms with Gasteiger partial charge in [-0.15, -0.1) is 11.3 Å². The second-order valence-corrected chi connectivity index (χ2v) is 9.15. The van der Waals surface area contributed by atoms with E-state index < -0.39 is 10.0 Å². The van der Waals surface area contributed by atoms with Gasteiger partial charge in [0, 0.05) is 30.2 Å². The molecule has 4 nitrogen and oxygen atoms in total. The van der Waals surface area contributed by atoms with Crippen LogP contribution in [0.5, 0.6) is 0 Å². The van der Waals surface area contributed by atoms with Gasteiger partial charge in [-0.05, 0) is 49.9 Å². The van der Waals surface area contributed by atoms with Gasteiger partial charge in [-0.25, -0.2) is 13.1 Å². The van der Waals surface area contributed by atoms with E-state index in [9.17, 15) is 8.42 Å². The summed E-state index contributed by atoms with van der Waals surface area (Å²) < 4.78 is 27.9. The van der Waals surface area contributed by atoms with Gasteiger partial charge in [-0.3, -0.25) is 0 Å². The Labute approximate surface area is 142 Å². The van der Waals surface area contributed by atoms with Gasteiger partial charge in [0.1, 0.15) is 4.21 Å². The predicted octanol–water partition coefficient (Wildman–Crippen LogP) is 3.53. The second-order valence-electron chi connectivity index (χ2n) is 5.87. The molecule has 23 heavy (non-hydrogen) atoms. The van der Waals surface area contributed by atoms with Crippen molar-refractivity contribution >= 4 is 27.0 Å². The Bertz CT molecular complexity index is 762. The fourth-order valence-electron chi connectivity index (χ4n) is 2.90. The van der Waals surface area contributed by atoms with Crippen LogP contribution in [-0.2, 0) is 16.6 Å². The molecule has 1 aromatic carbocycles. The number of hydrogen-bond acceptors (Lipinski definition) is 4. The highest BCUT2D eigenvalue weighted by Gasteiger charge is 2.18. The number of aryl methyl sites for hydroxylation is 1. The topological polar surface area (TPSA) is 49.4 Å². The van der Waals surface area contributed by atoms with Crippen molar-refractivity contribution in [3.63, 3.8) is 0 Å². The Morgan fingerprint density at radius 1 is 1.09 bits per heavy atom. The van der Waals surface area contributed by atoms with Crippen molar-refractivity contribution in [3.8, 4) is 0 Å². The van der Waals surface area contributed by atoms with Gasteiger partial charge in [0.25, 0.3) is 0 Å². The molecule has 1 N–H and O–H groups in total. The van der Waals surface area contributed by atoms with Crippen molar-refractivity contribution in [1.82, 2.24) is 4.72 Å². The molecule has 6 heteroatoms. The minimum absolute atomic E-state index is 0.325. The van der Waals surface area contributed by atoms with Gasteiger partial charge in [0.15, 0.2) is 0 Å². The van der Waals surface area contributed by atoms with Crippen LogP contribution in [0, 0.1) is 6.92 Å². The van der Waals surface area contributed by atoms with Gasteiger partial charge < -0.3 is 4.90 Å². The molecule has 0 spiro atoms. The highest BCUT2D eigenvalue weighted by molar-refractivity contribution is 7.91. The second kappa shape index (κ2) is 7.03. The van der Waals surface area contributed by atoms with Crippen molar-refractivity contribution in [1.29, 1.82) is 0 Å². The molecule has 3 rings (SSSR count). The van der Waals surface area contributed by atoms with Crippen LogP contribution in [0.4, 0.5) is 5.69 Å². The zero-order valence-electron chi connectivity index (χ0n) is 13.3. The first-order chi connectivity index (χ1) is 11.1. The Hall–Kier alpha value is -1.37. The highest BCUT2D eigenvalue weighted by atomic mass is 32.2. The van der Waals surface area contributed by atoms with Gasteiger partial charge in [-0.2, -0.15) is 0 Å². The van der Waals surface area contributed by atoms with Gasteiger partial charge >= 0.3 is 0 Å². The molecule has 124 valence electrons. The van der Waals surface area contributed by atoms with Gasteiger partial charge in [-0.1, -0.05) is 18.2 Å². The summed E-state index contributed by atoms with van der Waals surface area (Å²) in [5, 5.41) is 0. The average Bonchev–Trinajstić information content (AvgIpc) is 3.02. The molecule has 1 aliphatic heterocycles. The van der Waals surface area contributed by atoms with E-state index in [2.05, 4.69) is 15.7 Å². The van der Waals surface area contributed by atoms with Crippen LogP contribution < -0.4 is 9.62 Å². The molecule has 0 amide bonds. The SMILES string of the molecule is Cc1ccc(S(=O)(=O)NCc2ccccc2N2CCCCC2)s1. The molecule has 0 unspecified atom stereocenters. The summed E-state index contributed by atoms with van der Waals surface area (Å²) in [7, 11) is -3.44. The summed E-state index contributed by atoms with van der Waals surface area (Å²) in [5.41, 5.74) is 2.18. The number of sulfonamides is 1. The lowest BCUT2D eigenvalue weighted by atomic mass is 10.1. The van der Waals surface area contributed by atoms with Crippen LogP contribution in [0.1, 0.15) is 29.7 Å². The van der Waals surface area contributed by atoms with E-state index in [1.54, 1.807) is 6.07 Å². The summed E-state index contributed by atoms with van der Waals surface area (Å²) in [5.74, 6) is 0. The molecule has 2 aromatic rings. The monoisotopic (exact) mass is 350 g/mol. The number of para-hydroxylation sites is 1. The maximum absolute atomic E-state index is 12.4. The number of nitrogens with one attached hydrogen (secondary N) is 1. The van der Waals surface area contributed by atoms with Crippen molar-refractivity contribution < 1.29 is 8.42 Å². The minimum atomic E-state index is -3.44. The molecule has 0 radical (unpaired) electrons. The lowest BCUT2D eigenvalue weighted by Gasteiger charge is -2.30. The zero-order valence-corrected chi connectivity index (χ0v) is 14.9. The number of hydrogen-bond donors (Lipinski definition) is 1. The predicted molar refractivity (Wildman–Crippen MR) is 95.6 cm³/mol. The first-order valence-corrected chi connectivity index (χ1v) is 10.3. The molecular formula is C17H22N2O2S2. The molecule has 1 fully saturated rings. The number of piperidine rings is 1. The summed E-state index contributed by atoms with van der Waals surface area (Å²) in [6, 6.07) is 11.6. The third-order valence-electron chi connectivity index (χ3n) is 4.12. The van der Waals surface area contributed by atoms with Gasteiger partial charge in [0.2, 0.25) is 10.0 Å². The third-order valence-corrected chi connectivity index (χ3v) is 7.02. The zero-order chi connectivity index (χ0) is 16.3. The summed E-state index contributed by atoms with van der Waals surface area (Å²) in [6.45, 7) is 4.34. The van der Waals surface area contributed by atoms with Crippen LogP contribution in [0.15, 0.2) is 40.6 Å². The lowest BCUT2D eigenvalue weighted by molar-refractivity contribution is 0.573. The molecule has 1 aromatic heterocycles. The number of anilines is 1. The van der Waals surface area contributed by atoms with E-state index in [1.165, 1.54) is 30.6 Å². The molecule has 0 atom stereocenters. The molecule has 0 saturated carbocycles. The largest absolute Gasteiger partial charge is 0.371 e. The normalized spacial score (nSPS) is 15.8. The fraction of sp³-hybridized carbons (Fsp3) is 0.412. The average molecular weight is 351 g/mol. The molecule has 1 saturated heterocycles. The lowest BCUT2D eigenvalue weighted by Crippen LogP contribution is -2.31. The molecule has 0 aliphatic carbocycles. The number of benzene rings is 1. The van der Waals surface area contributed by atoms with Crippen LogP contribution in [0.2, 0.25) is 0 Å². The molecular weight excluding hydrogens is 328 g/mol. The Morgan fingerprint density at radius 3 is 2.52 bits per heavy atom. The summed E-state index contributed by atoms with van der Waals surface area (Å²) in [4.78, 5) is 3.36. The van der Waals surface area contributed by atoms with E-state index in [4.69, 9.17) is 0 Å². The number of nitrogens with zero attached hydrogens (tertiary/aromatic N) is 1. The van der Waals surface area contributed by atoms with Crippen molar-refractivity contribution in [3.05, 3.63) is 46.8 Å².